The van der Waals surface area contributed by atoms with Gasteiger partial charge in [-0.2, -0.15) is 0 Å². The van der Waals surface area contributed by atoms with E-state index < -0.39 is 0 Å². The largest absolute Gasteiger partial charge is 0.392 e. The first kappa shape index (κ1) is 13.1. The zero-order valence-electron chi connectivity index (χ0n) is 11.6. The number of aryl methyl sites for hydroxylation is 1. The van der Waals surface area contributed by atoms with Crippen LogP contribution in [0.5, 0.6) is 0 Å². The van der Waals surface area contributed by atoms with Gasteiger partial charge in [0.05, 0.1) is 12.2 Å². The molecule has 1 heterocycles. The van der Waals surface area contributed by atoms with Gasteiger partial charge in [0.1, 0.15) is 0 Å². The van der Waals surface area contributed by atoms with Gasteiger partial charge in [-0.3, -0.25) is 4.98 Å². The highest BCUT2D eigenvalue weighted by atomic mass is 16.5. The van der Waals surface area contributed by atoms with Crippen LogP contribution in [0.25, 0.3) is 0 Å². The second kappa shape index (κ2) is 5.59. The Hall–Kier alpha value is -0.930. The number of aliphatic hydroxyl groups excluding tert-OH is 1. The van der Waals surface area contributed by atoms with Crippen molar-refractivity contribution < 1.29 is 9.84 Å². The predicted octanol–water partition coefficient (Wildman–Crippen LogP) is 2.68. The van der Waals surface area contributed by atoms with Crippen LogP contribution in [0.4, 0.5) is 0 Å². The molecule has 3 nitrogen and oxygen atoms in total. The summed E-state index contributed by atoms with van der Waals surface area (Å²) in [6.07, 6.45) is 7.31. The molecule has 0 amide bonds. The number of hydrogen-bond acceptors (Lipinski definition) is 3. The van der Waals surface area contributed by atoms with E-state index in [4.69, 9.17) is 4.74 Å². The van der Waals surface area contributed by atoms with Crippen molar-refractivity contribution in [1.29, 1.82) is 0 Å². The van der Waals surface area contributed by atoms with Crippen molar-refractivity contribution in [2.75, 3.05) is 6.61 Å². The molecule has 0 radical (unpaired) electrons. The molecule has 0 bridgehead atoms. The lowest BCUT2D eigenvalue weighted by Crippen LogP contribution is -2.34. The first-order chi connectivity index (χ1) is 9.28. The van der Waals surface area contributed by atoms with Crippen LogP contribution >= 0.6 is 0 Å². The normalized spacial score (nSPS) is 30.7. The summed E-state index contributed by atoms with van der Waals surface area (Å²) < 4.78 is 5.58. The van der Waals surface area contributed by atoms with Gasteiger partial charge in [-0.05, 0) is 56.6 Å². The molecule has 1 fully saturated rings. The Morgan fingerprint density at radius 2 is 2.32 bits per heavy atom. The van der Waals surface area contributed by atoms with Crippen LogP contribution in [-0.2, 0) is 11.2 Å². The molecule has 2 aliphatic rings. The van der Waals surface area contributed by atoms with Crippen LogP contribution in [0.1, 0.15) is 49.8 Å². The molecule has 3 heteroatoms. The number of fused-ring (bicyclic) bond motifs is 1. The summed E-state index contributed by atoms with van der Waals surface area (Å²) in [6.45, 7) is 2.85. The fourth-order valence-electron chi connectivity index (χ4n) is 3.56. The number of rotatable bonds is 5. The van der Waals surface area contributed by atoms with Crippen LogP contribution in [0.3, 0.4) is 0 Å². The smallest absolute Gasteiger partial charge is 0.0626 e. The topological polar surface area (TPSA) is 42.4 Å². The number of aromatic nitrogens is 1. The van der Waals surface area contributed by atoms with Crippen LogP contribution in [-0.4, -0.2) is 28.9 Å². The molecule has 1 aromatic rings. The summed E-state index contributed by atoms with van der Waals surface area (Å²) in [5, 5.41) is 10.5. The van der Waals surface area contributed by atoms with E-state index in [1.54, 1.807) is 0 Å². The number of ether oxygens (including phenoxy) is 1. The van der Waals surface area contributed by atoms with Gasteiger partial charge in [0, 0.05) is 24.4 Å². The molecule has 0 aromatic carbocycles. The Labute approximate surface area is 115 Å². The van der Waals surface area contributed by atoms with Crippen molar-refractivity contribution in [3.05, 3.63) is 29.6 Å². The number of pyridine rings is 1. The maximum atomic E-state index is 10.5. The first-order valence-corrected chi connectivity index (χ1v) is 7.51. The molecule has 3 rings (SSSR count). The zero-order chi connectivity index (χ0) is 13.2. The molecule has 1 saturated carbocycles. The maximum Gasteiger partial charge on any atom is 0.0626 e. The van der Waals surface area contributed by atoms with E-state index in [1.807, 2.05) is 19.2 Å². The summed E-state index contributed by atoms with van der Waals surface area (Å²) in [7, 11) is 0. The second-order valence-corrected chi connectivity index (χ2v) is 5.91. The van der Waals surface area contributed by atoms with E-state index in [9.17, 15) is 5.11 Å². The van der Waals surface area contributed by atoms with Crippen molar-refractivity contribution in [1.82, 2.24) is 4.98 Å². The fraction of sp³-hybridized carbons (Fsp3) is 0.688. The van der Waals surface area contributed by atoms with E-state index in [1.165, 1.54) is 5.56 Å². The van der Waals surface area contributed by atoms with Crippen molar-refractivity contribution in [2.45, 2.75) is 57.2 Å². The van der Waals surface area contributed by atoms with Crippen molar-refractivity contribution in [3.8, 4) is 0 Å². The molecule has 19 heavy (non-hydrogen) atoms. The highest BCUT2D eigenvalue weighted by Crippen LogP contribution is 2.40. The predicted molar refractivity (Wildman–Crippen MR) is 74.1 cm³/mol. The van der Waals surface area contributed by atoms with E-state index in [0.717, 1.165) is 44.4 Å². The van der Waals surface area contributed by atoms with Gasteiger partial charge >= 0.3 is 0 Å². The standard InChI is InChI=1S/C16H23NO2/c1-2-19-13-8-11(9-13)10-15(18)14-6-5-12-4-3-7-17-16(12)14/h3-4,7,11,13-15,18H,2,5-6,8-10H2,1H3. The van der Waals surface area contributed by atoms with Crippen molar-refractivity contribution >= 4 is 0 Å². The molecule has 104 valence electrons. The van der Waals surface area contributed by atoms with Gasteiger partial charge in [-0.25, -0.2) is 0 Å². The molecule has 0 saturated heterocycles. The lowest BCUT2D eigenvalue weighted by molar-refractivity contribution is -0.0401. The Morgan fingerprint density at radius 1 is 1.47 bits per heavy atom. The van der Waals surface area contributed by atoms with Gasteiger partial charge in [0.15, 0.2) is 0 Å². The molecule has 2 atom stereocenters. The summed E-state index contributed by atoms with van der Waals surface area (Å²) >= 11 is 0. The third-order valence-corrected chi connectivity index (χ3v) is 4.64. The third-order valence-electron chi connectivity index (χ3n) is 4.64. The maximum absolute atomic E-state index is 10.5. The third kappa shape index (κ3) is 2.67. The van der Waals surface area contributed by atoms with E-state index >= 15 is 0 Å². The summed E-state index contributed by atoms with van der Waals surface area (Å²) in [5.41, 5.74) is 2.46. The fourth-order valence-corrected chi connectivity index (χ4v) is 3.56. The Kier molecular flexibility index (Phi) is 3.85. The summed E-state index contributed by atoms with van der Waals surface area (Å²) in [5.74, 6) is 0.890. The monoisotopic (exact) mass is 261 g/mol. The minimum atomic E-state index is -0.233. The Bertz CT molecular complexity index is 429. The Balaban J connectivity index is 1.54. The molecule has 1 aromatic heterocycles. The summed E-state index contributed by atoms with van der Waals surface area (Å²) in [6, 6.07) is 4.13. The Morgan fingerprint density at radius 3 is 3.11 bits per heavy atom. The van der Waals surface area contributed by atoms with Crippen LogP contribution in [0, 0.1) is 5.92 Å². The van der Waals surface area contributed by atoms with Gasteiger partial charge in [0.25, 0.3) is 0 Å². The lowest BCUT2D eigenvalue weighted by Gasteiger charge is -2.37. The minimum Gasteiger partial charge on any atom is -0.392 e. The van der Waals surface area contributed by atoms with Crippen molar-refractivity contribution in [2.24, 2.45) is 5.92 Å². The molecule has 0 spiro atoms. The first-order valence-electron chi connectivity index (χ1n) is 7.51. The minimum absolute atomic E-state index is 0.233. The number of aliphatic hydroxyl groups is 1. The highest BCUT2D eigenvalue weighted by Gasteiger charge is 2.35. The SMILES string of the molecule is CCOC1CC(CC(O)C2CCc3cccnc32)C1. The molecule has 2 unspecified atom stereocenters. The molecular formula is C16H23NO2. The molecular weight excluding hydrogens is 238 g/mol. The van der Waals surface area contributed by atoms with E-state index in [-0.39, 0.29) is 12.0 Å². The number of hydrogen-bond donors (Lipinski definition) is 1. The summed E-state index contributed by atoms with van der Waals surface area (Å²) in [4.78, 5) is 4.47. The van der Waals surface area contributed by atoms with E-state index in [2.05, 4.69) is 11.1 Å². The van der Waals surface area contributed by atoms with E-state index in [0.29, 0.717) is 12.0 Å². The average molecular weight is 261 g/mol. The highest BCUT2D eigenvalue weighted by molar-refractivity contribution is 5.29. The van der Waals surface area contributed by atoms with Gasteiger partial charge < -0.3 is 9.84 Å². The van der Waals surface area contributed by atoms with Gasteiger partial charge in [-0.1, -0.05) is 6.07 Å². The molecule has 0 aliphatic heterocycles. The lowest BCUT2D eigenvalue weighted by atomic mass is 9.76. The van der Waals surface area contributed by atoms with Crippen LogP contribution < -0.4 is 0 Å². The van der Waals surface area contributed by atoms with Crippen molar-refractivity contribution in [3.63, 3.8) is 0 Å². The zero-order valence-corrected chi connectivity index (χ0v) is 11.6. The van der Waals surface area contributed by atoms with Gasteiger partial charge in [0.2, 0.25) is 0 Å². The quantitative estimate of drug-likeness (QED) is 0.886. The average Bonchev–Trinajstić information content (AvgIpc) is 2.80. The van der Waals surface area contributed by atoms with Crippen LogP contribution in [0.15, 0.2) is 18.3 Å². The van der Waals surface area contributed by atoms with Crippen LogP contribution in [0.2, 0.25) is 0 Å². The number of nitrogens with zero attached hydrogens (tertiary/aromatic N) is 1. The molecule has 2 aliphatic carbocycles. The van der Waals surface area contributed by atoms with Gasteiger partial charge in [-0.15, -0.1) is 0 Å². The second-order valence-electron chi connectivity index (χ2n) is 5.91. The molecule has 1 N–H and O–H groups in total.